The minimum Gasteiger partial charge on any atom is -0.493 e. The number of ether oxygens (including phenoxy) is 2. The van der Waals surface area contributed by atoms with Crippen molar-refractivity contribution in [2.45, 2.75) is 18.2 Å². The average molecular weight is 258 g/mol. The monoisotopic (exact) mass is 258 g/mol. The zero-order valence-electron chi connectivity index (χ0n) is 10.3. The maximum atomic E-state index is 13.8. The quantitative estimate of drug-likeness (QED) is 0.761. The minimum atomic E-state index is -0.397. The summed E-state index contributed by atoms with van der Waals surface area (Å²) in [5.74, 6) is 0.317. The Kier molecular flexibility index (Phi) is 4.81. The van der Waals surface area contributed by atoms with Crippen LogP contribution in [0.3, 0.4) is 0 Å². The number of carbonyl (C=O) groups excluding carboxylic acids is 1. The van der Waals surface area contributed by atoms with Crippen molar-refractivity contribution in [3.05, 3.63) is 17.4 Å². The highest BCUT2D eigenvalue weighted by molar-refractivity contribution is 7.98. The smallest absolute Gasteiger partial charge is 0.177 e. The van der Waals surface area contributed by atoms with E-state index in [1.165, 1.54) is 39.0 Å². The van der Waals surface area contributed by atoms with Crippen LogP contribution in [0.1, 0.15) is 12.5 Å². The van der Waals surface area contributed by atoms with Crippen LogP contribution in [-0.2, 0) is 11.2 Å². The second-order valence-electron chi connectivity index (χ2n) is 3.50. The number of hydrogen-bond acceptors (Lipinski definition) is 4. The van der Waals surface area contributed by atoms with Gasteiger partial charge in [-0.05, 0) is 19.2 Å². The third kappa shape index (κ3) is 2.91. The van der Waals surface area contributed by atoms with Gasteiger partial charge in [0.25, 0.3) is 0 Å². The van der Waals surface area contributed by atoms with E-state index in [1.807, 2.05) is 0 Å². The Labute approximate surface area is 104 Å². The first-order valence-corrected chi connectivity index (χ1v) is 6.24. The summed E-state index contributed by atoms with van der Waals surface area (Å²) in [6.07, 6.45) is 1.89. The molecule has 0 unspecified atom stereocenters. The van der Waals surface area contributed by atoms with E-state index >= 15 is 0 Å². The molecule has 94 valence electrons. The van der Waals surface area contributed by atoms with Crippen LogP contribution in [0.2, 0.25) is 0 Å². The van der Waals surface area contributed by atoms with E-state index in [1.54, 1.807) is 6.26 Å². The lowest BCUT2D eigenvalue weighted by Gasteiger charge is -2.15. The number of thioether (sulfide) groups is 1. The maximum absolute atomic E-state index is 13.8. The lowest BCUT2D eigenvalue weighted by atomic mass is 10.1. The van der Waals surface area contributed by atoms with Crippen molar-refractivity contribution in [2.75, 3.05) is 20.5 Å². The molecule has 17 heavy (non-hydrogen) atoms. The van der Waals surface area contributed by atoms with Gasteiger partial charge >= 0.3 is 0 Å². The summed E-state index contributed by atoms with van der Waals surface area (Å²) in [4.78, 5) is 11.5. The van der Waals surface area contributed by atoms with Crippen LogP contribution in [0.15, 0.2) is 11.0 Å². The molecule has 5 heteroatoms. The molecule has 1 aromatic rings. The standard InChI is InChI=1S/C12H15FO3S/c1-7(14)5-8-6-9(13)12(17-4)11(16-3)10(8)15-2/h6H,5H2,1-4H3. The van der Waals surface area contributed by atoms with Crippen LogP contribution in [0.5, 0.6) is 11.5 Å². The normalized spacial score (nSPS) is 10.2. The fraction of sp³-hybridized carbons (Fsp3) is 0.417. The van der Waals surface area contributed by atoms with Crippen LogP contribution >= 0.6 is 11.8 Å². The molecule has 0 aliphatic heterocycles. The molecule has 0 bridgehead atoms. The van der Waals surface area contributed by atoms with Crippen molar-refractivity contribution in [3.63, 3.8) is 0 Å². The highest BCUT2D eigenvalue weighted by atomic mass is 32.2. The number of ketones is 1. The third-order valence-electron chi connectivity index (χ3n) is 2.27. The highest BCUT2D eigenvalue weighted by Gasteiger charge is 2.20. The molecule has 0 aromatic heterocycles. The van der Waals surface area contributed by atoms with Crippen LogP contribution in [0.25, 0.3) is 0 Å². The third-order valence-corrected chi connectivity index (χ3v) is 3.06. The lowest BCUT2D eigenvalue weighted by molar-refractivity contribution is -0.116. The van der Waals surface area contributed by atoms with Crippen molar-refractivity contribution in [3.8, 4) is 11.5 Å². The number of halogens is 1. The summed E-state index contributed by atoms with van der Waals surface area (Å²) in [5, 5.41) is 0. The van der Waals surface area contributed by atoms with Crippen molar-refractivity contribution in [2.24, 2.45) is 0 Å². The average Bonchev–Trinajstić information content (AvgIpc) is 2.27. The van der Waals surface area contributed by atoms with Gasteiger partial charge in [-0.1, -0.05) is 0 Å². The molecule has 0 fully saturated rings. The van der Waals surface area contributed by atoms with Gasteiger partial charge in [-0.25, -0.2) is 4.39 Å². The van der Waals surface area contributed by atoms with Crippen molar-refractivity contribution >= 4 is 17.5 Å². The molecule has 0 amide bonds. The van der Waals surface area contributed by atoms with Crippen LogP contribution in [0.4, 0.5) is 4.39 Å². The molecule has 0 saturated carbocycles. The van der Waals surface area contributed by atoms with E-state index in [9.17, 15) is 9.18 Å². The molecular formula is C12H15FO3S. The Hall–Kier alpha value is -1.23. The molecule has 0 spiro atoms. The molecule has 3 nitrogen and oxygen atoms in total. The van der Waals surface area contributed by atoms with E-state index < -0.39 is 5.82 Å². The fourth-order valence-electron chi connectivity index (χ4n) is 1.64. The van der Waals surface area contributed by atoms with Crippen molar-refractivity contribution < 1.29 is 18.7 Å². The van der Waals surface area contributed by atoms with Gasteiger partial charge in [-0.3, -0.25) is 4.79 Å². The van der Waals surface area contributed by atoms with E-state index in [4.69, 9.17) is 9.47 Å². The van der Waals surface area contributed by atoms with E-state index in [2.05, 4.69) is 0 Å². The number of benzene rings is 1. The van der Waals surface area contributed by atoms with E-state index in [-0.39, 0.29) is 12.2 Å². The zero-order valence-corrected chi connectivity index (χ0v) is 11.1. The van der Waals surface area contributed by atoms with Gasteiger partial charge < -0.3 is 9.47 Å². The first-order chi connectivity index (χ1) is 8.04. The molecule has 1 rings (SSSR count). The number of carbonyl (C=O) groups is 1. The summed E-state index contributed by atoms with van der Waals surface area (Å²) >= 11 is 1.24. The zero-order chi connectivity index (χ0) is 13.0. The largest absolute Gasteiger partial charge is 0.493 e. The summed E-state index contributed by atoms with van der Waals surface area (Å²) in [6, 6.07) is 1.33. The van der Waals surface area contributed by atoms with Crippen LogP contribution < -0.4 is 9.47 Å². The number of Topliss-reactive ketones (excluding diaryl/α,β-unsaturated/α-hetero) is 1. The van der Waals surface area contributed by atoms with Crippen molar-refractivity contribution in [1.29, 1.82) is 0 Å². The summed E-state index contributed by atoms with van der Waals surface area (Å²) in [5.41, 5.74) is 0.507. The number of methoxy groups -OCH3 is 2. The van der Waals surface area contributed by atoms with Gasteiger partial charge in [0.05, 0.1) is 19.1 Å². The molecule has 0 aliphatic carbocycles. The Bertz CT molecular complexity index is 432. The van der Waals surface area contributed by atoms with Gasteiger partial charge in [0.2, 0.25) is 0 Å². The predicted octanol–water partition coefficient (Wildman–Crippen LogP) is 2.70. The van der Waals surface area contributed by atoms with Gasteiger partial charge in [0, 0.05) is 12.0 Å². The van der Waals surface area contributed by atoms with Crippen molar-refractivity contribution in [1.82, 2.24) is 0 Å². The Morgan fingerprint density at radius 1 is 1.35 bits per heavy atom. The lowest BCUT2D eigenvalue weighted by Crippen LogP contribution is -2.04. The molecule has 0 N–H and O–H groups in total. The molecule has 0 saturated heterocycles. The second kappa shape index (κ2) is 5.91. The second-order valence-corrected chi connectivity index (χ2v) is 4.31. The van der Waals surface area contributed by atoms with Crippen LogP contribution in [-0.4, -0.2) is 26.3 Å². The van der Waals surface area contributed by atoms with E-state index in [0.717, 1.165) is 0 Å². The Balaban J connectivity index is 3.41. The molecule has 0 aliphatic rings. The number of rotatable bonds is 5. The summed E-state index contributed by atoms with van der Waals surface area (Å²) in [7, 11) is 2.93. The topological polar surface area (TPSA) is 35.5 Å². The highest BCUT2D eigenvalue weighted by Crippen LogP contribution is 2.41. The summed E-state index contributed by atoms with van der Waals surface area (Å²) in [6.45, 7) is 1.45. The first-order valence-electron chi connectivity index (χ1n) is 5.01. The molecular weight excluding hydrogens is 243 g/mol. The predicted molar refractivity (Wildman–Crippen MR) is 65.7 cm³/mol. The number of hydrogen-bond donors (Lipinski definition) is 0. The molecule has 1 aromatic carbocycles. The minimum absolute atomic E-state index is 0.0540. The summed E-state index contributed by atoms with van der Waals surface area (Å²) < 4.78 is 24.2. The maximum Gasteiger partial charge on any atom is 0.177 e. The molecule has 0 atom stereocenters. The first kappa shape index (κ1) is 13.8. The SMILES string of the molecule is COc1c(CC(C)=O)cc(F)c(SC)c1OC. The van der Waals surface area contributed by atoms with Gasteiger partial charge in [0.15, 0.2) is 11.5 Å². The Morgan fingerprint density at radius 3 is 2.35 bits per heavy atom. The van der Waals surface area contributed by atoms with Crippen LogP contribution in [0, 0.1) is 5.82 Å². The van der Waals surface area contributed by atoms with Gasteiger partial charge in [-0.15, -0.1) is 11.8 Å². The fourth-order valence-corrected chi connectivity index (χ4v) is 2.26. The molecule has 0 radical (unpaired) electrons. The Morgan fingerprint density at radius 2 is 1.94 bits per heavy atom. The van der Waals surface area contributed by atoms with E-state index in [0.29, 0.717) is 22.0 Å². The van der Waals surface area contributed by atoms with Gasteiger partial charge in [-0.2, -0.15) is 0 Å². The van der Waals surface area contributed by atoms with Gasteiger partial charge in [0.1, 0.15) is 11.6 Å². The molecule has 0 heterocycles.